The predicted molar refractivity (Wildman–Crippen MR) is 131 cm³/mol. The lowest BCUT2D eigenvalue weighted by Gasteiger charge is -2.26. The summed E-state index contributed by atoms with van der Waals surface area (Å²) in [6.45, 7) is 13.6. The number of methoxy groups -OCH3 is 2. The van der Waals surface area contributed by atoms with Gasteiger partial charge in [-0.15, -0.1) is 0 Å². The largest absolute Gasteiger partial charge is 0.496 e. The summed E-state index contributed by atoms with van der Waals surface area (Å²) < 4.78 is 11.5. The molecule has 0 saturated heterocycles. The van der Waals surface area contributed by atoms with Gasteiger partial charge in [0.25, 0.3) is 0 Å². The van der Waals surface area contributed by atoms with E-state index in [-0.39, 0.29) is 10.8 Å². The number of hydrogen-bond acceptors (Lipinski definition) is 2. The molecule has 3 aromatic carbocycles. The molecule has 0 heterocycles. The summed E-state index contributed by atoms with van der Waals surface area (Å²) in [6, 6.07) is 17.7. The van der Waals surface area contributed by atoms with Crippen LogP contribution in [-0.2, 0) is 17.3 Å². The van der Waals surface area contributed by atoms with E-state index in [1.165, 1.54) is 38.9 Å². The van der Waals surface area contributed by atoms with Crippen LogP contribution in [0.5, 0.6) is 11.5 Å². The van der Waals surface area contributed by atoms with E-state index in [4.69, 9.17) is 9.47 Å². The van der Waals surface area contributed by atoms with Crippen molar-refractivity contribution < 1.29 is 9.47 Å². The molecule has 0 fully saturated rings. The third-order valence-electron chi connectivity index (χ3n) is 6.35. The van der Waals surface area contributed by atoms with Crippen molar-refractivity contribution in [2.45, 2.75) is 58.8 Å². The van der Waals surface area contributed by atoms with Crippen molar-refractivity contribution in [2.24, 2.45) is 0 Å². The zero-order valence-electron chi connectivity index (χ0n) is 20.1. The predicted octanol–water partition coefficient (Wildman–Crippen LogP) is 7.54. The van der Waals surface area contributed by atoms with Crippen LogP contribution in [0.2, 0.25) is 0 Å². The molecule has 1 aliphatic carbocycles. The molecule has 162 valence electrons. The van der Waals surface area contributed by atoms with Gasteiger partial charge in [0.1, 0.15) is 11.5 Å². The summed E-state index contributed by atoms with van der Waals surface area (Å²) in [5.74, 6) is 1.90. The normalized spacial score (nSPS) is 13.0. The van der Waals surface area contributed by atoms with Crippen molar-refractivity contribution in [2.75, 3.05) is 14.2 Å². The first-order valence-corrected chi connectivity index (χ1v) is 11.1. The Morgan fingerprint density at radius 3 is 1.71 bits per heavy atom. The van der Waals surface area contributed by atoms with Crippen LogP contribution >= 0.6 is 0 Å². The molecule has 0 atom stereocenters. The highest BCUT2D eigenvalue weighted by molar-refractivity contribution is 5.85. The van der Waals surface area contributed by atoms with E-state index in [1.807, 2.05) is 12.1 Å². The zero-order valence-corrected chi connectivity index (χ0v) is 20.1. The summed E-state index contributed by atoms with van der Waals surface area (Å²) in [6.07, 6.45) is 0.929. The van der Waals surface area contributed by atoms with Crippen LogP contribution < -0.4 is 9.47 Å². The van der Waals surface area contributed by atoms with Crippen LogP contribution in [0, 0.1) is 0 Å². The molecule has 0 saturated carbocycles. The maximum atomic E-state index is 5.78. The minimum absolute atomic E-state index is 0.00724. The maximum Gasteiger partial charge on any atom is 0.126 e. The second kappa shape index (κ2) is 7.44. The van der Waals surface area contributed by atoms with Crippen molar-refractivity contribution >= 4 is 0 Å². The Balaban J connectivity index is 1.97. The molecule has 31 heavy (non-hydrogen) atoms. The van der Waals surface area contributed by atoms with Crippen LogP contribution in [0.3, 0.4) is 0 Å². The molecule has 0 spiro atoms. The highest BCUT2D eigenvalue weighted by Crippen LogP contribution is 2.47. The first kappa shape index (κ1) is 21.5. The minimum atomic E-state index is 0.00724. The Labute approximate surface area is 187 Å². The molecule has 3 aromatic rings. The van der Waals surface area contributed by atoms with Gasteiger partial charge in [0.05, 0.1) is 14.2 Å². The average Bonchev–Trinajstić information content (AvgIpc) is 3.07. The fraction of sp³-hybridized carbons (Fsp3) is 0.379. The van der Waals surface area contributed by atoms with E-state index in [9.17, 15) is 0 Å². The van der Waals surface area contributed by atoms with Gasteiger partial charge in [-0.25, -0.2) is 0 Å². The van der Waals surface area contributed by atoms with E-state index >= 15 is 0 Å². The number of ether oxygens (including phenoxy) is 2. The van der Waals surface area contributed by atoms with Crippen LogP contribution in [0.15, 0.2) is 48.5 Å². The van der Waals surface area contributed by atoms with Crippen molar-refractivity contribution in [3.05, 3.63) is 70.8 Å². The third-order valence-corrected chi connectivity index (χ3v) is 6.35. The van der Waals surface area contributed by atoms with Crippen LogP contribution in [0.1, 0.15) is 63.8 Å². The number of rotatable bonds is 3. The number of para-hydroxylation sites is 1. The lowest BCUT2D eigenvalue weighted by Crippen LogP contribution is -2.14. The maximum absolute atomic E-state index is 5.78. The molecular formula is C29H34O2. The Bertz CT molecular complexity index is 1140. The van der Waals surface area contributed by atoms with Crippen molar-refractivity contribution in [3.8, 4) is 33.8 Å². The second-order valence-corrected chi connectivity index (χ2v) is 10.6. The van der Waals surface area contributed by atoms with E-state index in [1.54, 1.807) is 14.2 Å². The highest BCUT2D eigenvalue weighted by Gasteiger charge is 2.29. The molecule has 0 aliphatic heterocycles. The smallest absolute Gasteiger partial charge is 0.126 e. The minimum Gasteiger partial charge on any atom is -0.496 e. The van der Waals surface area contributed by atoms with E-state index < -0.39 is 0 Å². The molecule has 2 heteroatoms. The fourth-order valence-corrected chi connectivity index (χ4v) is 4.73. The molecule has 0 aromatic heterocycles. The summed E-state index contributed by atoms with van der Waals surface area (Å²) in [4.78, 5) is 0. The highest BCUT2D eigenvalue weighted by atomic mass is 16.5. The second-order valence-electron chi connectivity index (χ2n) is 10.6. The van der Waals surface area contributed by atoms with Crippen LogP contribution in [-0.4, -0.2) is 14.2 Å². The van der Waals surface area contributed by atoms with Crippen molar-refractivity contribution in [1.29, 1.82) is 0 Å². The topological polar surface area (TPSA) is 18.5 Å². The number of fused-ring (bicyclic) bond motifs is 3. The molecule has 0 unspecified atom stereocenters. The quantitative estimate of drug-likeness (QED) is 0.345. The standard InChI is InChI=1S/C29H34O2/c1-28(2,3)24-16-21-18(14-23(24)20-11-9-10-12-26(20)30-7)13-19-15-27(31-8)25(17-22(19)21)29(4,5)6/h9-12,14-17H,13H2,1-8H3. The van der Waals surface area contributed by atoms with Gasteiger partial charge >= 0.3 is 0 Å². The summed E-state index contributed by atoms with van der Waals surface area (Å²) in [5, 5.41) is 0. The number of benzene rings is 3. The Hall–Kier alpha value is -2.74. The average molecular weight is 415 g/mol. The Kier molecular flexibility index (Phi) is 5.16. The molecule has 0 N–H and O–H groups in total. The van der Waals surface area contributed by atoms with Gasteiger partial charge in [0.15, 0.2) is 0 Å². The molecular weight excluding hydrogens is 380 g/mol. The molecule has 0 radical (unpaired) electrons. The zero-order chi connectivity index (χ0) is 22.6. The molecule has 0 amide bonds. The summed E-state index contributed by atoms with van der Waals surface area (Å²) >= 11 is 0. The van der Waals surface area contributed by atoms with Gasteiger partial charge in [-0.3, -0.25) is 0 Å². The monoisotopic (exact) mass is 414 g/mol. The van der Waals surface area contributed by atoms with E-state index in [2.05, 4.69) is 77.9 Å². The fourth-order valence-electron chi connectivity index (χ4n) is 4.73. The molecule has 1 aliphatic rings. The van der Waals surface area contributed by atoms with Crippen LogP contribution in [0.4, 0.5) is 0 Å². The van der Waals surface area contributed by atoms with Crippen LogP contribution in [0.25, 0.3) is 22.3 Å². The third kappa shape index (κ3) is 3.73. The van der Waals surface area contributed by atoms with E-state index in [0.717, 1.165) is 23.5 Å². The van der Waals surface area contributed by atoms with Gasteiger partial charge in [-0.2, -0.15) is 0 Å². The lowest BCUT2D eigenvalue weighted by molar-refractivity contribution is 0.397. The van der Waals surface area contributed by atoms with Gasteiger partial charge in [0.2, 0.25) is 0 Å². The van der Waals surface area contributed by atoms with Crippen molar-refractivity contribution in [1.82, 2.24) is 0 Å². The van der Waals surface area contributed by atoms with Gasteiger partial charge < -0.3 is 9.47 Å². The van der Waals surface area contributed by atoms with Gasteiger partial charge in [0, 0.05) is 11.1 Å². The molecule has 0 bridgehead atoms. The number of hydrogen-bond donors (Lipinski definition) is 0. The van der Waals surface area contributed by atoms with Crippen molar-refractivity contribution in [3.63, 3.8) is 0 Å². The SMILES string of the molecule is COc1ccccc1-c1cc2c(cc1C(C)(C)C)-c1cc(C(C)(C)C)c(OC)cc1C2. The van der Waals surface area contributed by atoms with Gasteiger partial charge in [-0.05, 0) is 81.0 Å². The van der Waals surface area contributed by atoms with E-state index in [0.29, 0.717) is 0 Å². The lowest BCUT2D eigenvalue weighted by atomic mass is 9.79. The van der Waals surface area contributed by atoms with Gasteiger partial charge in [-0.1, -0.05) is 59.7 Å². The molecule has 4 rings (SSSR count). The first-order chi connectivity index (χ1) is 14.5. The Morgan fingerprint density at radius 1 is 0.581 bits per heavy atom. The summed E-state index contributed by atoms with van der Waals surface area (Å²) in [5.41, 5.74) is 10.5. The summed E-state index contributed by atoms with van der Waals surface area (Å²) in [7, 11) is 3.52. The molecule has 2 nitrogen and oxygen atoms in total. The Morgan fingerprint density at radius 2 is 1.13 bits per heavy atom. The first-order valence-electron chi connectivity index (χ1n) is 11.1.